The lowest BCUT2D eigenvalue weighted by Crippen LogP contribution is -2.43. The van der Waals surface area contributed by atoms with E-state index in [1.807, 2.05) is 0 Å². The predicted molar refractivity (Wildman–Crippen MR) is 79.6 cm³/mol. The third-order valence-electron chi connectivity index (χ3n) is 5.32. The zero-order valence-electron chi connectivity index (χ0n) is 12.5. The molecule has 0 radical (unpaired) electrons. The minimum Gasteiger partial charge on any atom is -0.491 e. The monoisotopic (exact) mass is 269 g/mol. The van der Waals surface area contributed by atoms with E-state index in [-0.39, 0.29) is 11.5 Å². The normalized spacial score (nSPS) is 32.1. The largest absolute Gasteiger partial charge is 0.491 e. The molecule has 0 atom stereocenters. The fourth-order valence-electron chi connectivity index (χ4n) is 3.95. The average molecular weight is 269 g/mol. The maximum atomic E-state index is 9.37. The number of hydrogen-bond donors (Lipinski definition) is 0. The third-order valence-corrected chi connectivity index (χ3v) is 5.32. The lowest BCUT2D eigenvalue weighted by molar-refractivity contribution is 0.0848. The summed E-state index contributed by atoms with van der Waals surface area (Å²) in [5, 5.41) is 9.37. The van der Waals surface area contributed by atoms with Gasteiger partial charge in [-0.1, -0.05) is 12.1 Å². The highest BCUT2D eigenvalue weighted by molar-refractivity contribution is 5.34. The first-order chi connectivity index (χ1) is 9.57. The van der Waals surface area contributed by atoms with Gasteiger partial charge in [-0.2, -0.15) is 5.26 Å². The quantitative estimate of drug-likeness (QED) is 0.804. The van der Waals surface area contributed by atoms with Gasteiger partial charge >= 0.3 is 0 Å². The van der Waals surface area contributed by atoms with E-state index < -0.39 is 0 Å². The Morgan fingerprint density at radius 3 is 2.00 bits per heavy atom. The number of nitrogens with zero attached hydrogens (tertiary/aromatic N) is 1. The second-order valence-corrected chi connectivity index (χ2v) is 6.86. The summed E-state index contributed by atoms with van der Waals surface area (Å²) in [5.41, 5.74) is 1.78. The van der Waals surface area contributed by atoms with Crippen molar-refractivity contribution in [2.24, 2.45) is 5.41 Å². The summed E-state index contributed by atoms with van der Waals surface area (Å²) in [7, 11) is 0. The lowest BCUT2D eigenvalue weighted by Gasteiger charge is -2.50. The standard InChI is InChI=1S/C18H23NO/c1-14(2)20-16-5-3-15(4-6-16)18-10-7-17(13-19,8-11-18)9-12-18/h3-6,14H,7-12H2,1-2H3. The Balaban J connectivity index is 1.79. The molecular formula is C18H23NO. The van der Waals surface area contributed by atoms with E-state index in [2.05, 4.69) is 44.2 Å². The molecule has 1 aromatic carbocycles. The second-order valence-electron chi connectivity index (χ2n) is 6.86. The van der Waals surface area contributed by atoms with Crippen molar-refractivity contribution in [2.45, 2.75) is 63.9 Å². The van der Waals surface area contributed by atoms with E-state index >= 15 is 0 Å². The summed E-state index contributed by atoms with van der Waals surface area (Å²) in [6.07, 6.45) is 6.97. The Labute approximate surface area is 121 Å². The van der Waals surface area contributed by atoms with Crippen LogP contribution in [0.15, 0.2) is 24.3 Å². The molecule has 0 N–H and O–H groups in total. The van der Waals surface area contributed by atoms with Crippen molar-refractivity contribution in [3.63, 3.8) is 0 Å². The van der Waals surface area contributed by atoms with Crippen molar-refractivity contribution in [2.75, 3.05) is 0 Å². The summed E-state index contributed by atoms with van der Waals surface area (Å²) < 4.78 is 5.72. The summed E-state index contributed by atoms with van der Waals surface area (Å²) in [4.78, 5) is 0. The predicted octanol–water partition coefficient (Wildman–Crippen LogP) is 4.59. The van der Waals surface area contributed by atoms with Crippen molar-refractivity contribution in [1.29, 1.82) is 5.26 Å². The van der Waals surface area contributed by atoms with Gasteiger partial charge in [0, 0.05) is 0 Å². The highest BCUT2D eigenvalue weighted by Crippen LogP contribution is 2.57. The maximum Gasteiger partial charge on any atom is 0.119 e. The topological polar surface area (TPSA) is 33.0 Å². The zero-order chi connectivity index (χ0) is 14.2. The molecule has 2 heteroatoms. The molecule has 0 saturated heterocycles. The lowest BCUT2D eigenvalue weighted by atomic mass is 9.52. The maximum absolute atomic E-state index is 9.37. The van der Waals surface area contributed by atoms with Crippen molar-refractivity contribution >= 4 is 0 Å². The van der Waals surface area contributed by atoms with Gasteiger partial charge in [-0.15, -0.1) is 0 Å². The van der Waals surface area contributed by atoms with Crippen molar-refractivity contribution in [1.82, 2.24) is 0 Å². The second kappa shape index (κ2) is 4.81. The molecule has 106 valence electrons. The SMILES string of the molecule is CC(C)Oc1ccc(C23CCC(C#N)(CC2)CC3)cc1. The van der Waals surface area contributed by atoms with E-state index in [9.17, 15) is 5.26 Å². The molecule has 0 aliphatic heterocycles. The Kier molecular flexibility index (Phi) is 3.24. The van der Waals surface area contributed by atoms with E-state index in [0.29, 0.717) is 5.41 Å². The zero-order valence-corrected chi connectivity index (χ0v) is 12.5. The molecular weight excluding hydrogens is 246 g/mol. The Morgan fingerprint density at radius 2 is 1.55 bits per heavy atom. The van der Waals surface area contributed by atoms with Gasteiger partial charge in [-0.3, -0.25) is 0 Å². The van der Waals surface area contributed by atoms with Crippen LogP contribution >= 0.6 is 0 Å². The Hall–Kier alpha value is -1.49. The van der Waals surface area contributed by atoms with Gasteiger partial charge in [0.05, 0.1) is 17.6 Å². The Bertz CT molecular complexity index is 499. The molecule has 3 aliphatic carbocycles. The van der Waals surface area contributed by atoms with Crippen LogP contribution in [0.4, 0.5) is 0 Å². The molecule has 0 heterocycles. The number of benzene rings is 1. The van der Waals surface area contributed by atoms with Crippen LogP contribution in [0.5, 0.6) is 5.75 Å². The molecule has 2 nitrogen and oxygen atoms in total. The van der Waals surface area contributed by atoms with Crippen LogP contribution in [0.2, 0.25) is 0 Å². The number of rotatable bonds is 3. The average Bonchev–Trinajstić information content (AvgIpc) is 2.49. The van der Waals surface area contributed by atoms with Gasteiger partial charge in [-0.25, -0.2) is 0 Å². The number of nitriles is 1. The summed E-state index contributed by atoms with van der Waals surface area (Å²) in [6.45, 7) is 4.10. The smallest absolute Gasteiger partial charge is 0.119 e. The number of fused-ring (bicyclic) bond motifs is 3. The highest BCUT2D eigenvalue weighted by Gasteiger charge is 2.49. The minimum absolute atomic E-state index is 0.00243. The Morgan fingerprint density at radius 1 is 1.00 bits per heavy atom. The fourth-order valence-corrected chi connectivity index (χ4v) is 3.95. The number of ether oxygens (including phenoxy) is 1. The molecule has 2 bridgehead atoms. The van der Waals surface area contributed by atoms with Crippen LogP contribution in [0.3, 0.4) is 0 Å². The molecule has 0 amide bonds. The molecule has 0 unspecified atom stereocenters. The van der Waals surface area contributed by atoms with Gasteiger partial charge in [0.25, 0.3) is 0 Å². The summed E-state index contributed by atoms with van der Waals surface area (Å²) >= 11 is 0. The summed E-state index contributed by atoms with van der Waals surface area (Å²) in [6, 6.07) is 11.3. The first-order valence-electron chi connectivity index (χ1n) is 7.76. The van der Waals surface area contributed by atoms with Crippen LogP contribution in [-0.2, 0) is 5.41 Å². The van der Waals surface area contributed by atoms with Gasteiger partial charge in [0.2, 0.25) is 0 Å². The van der Waals surface area contributed by atoms with E-state index in [1.165, 1.54) is 24.8 Å². The first kappa shape index (κ1) is 13.5. The van der Waals surface area contributed by atoms with Crippen LogP contribution < -0.4 is 4.74 Å². The van der Waals surface area contributed by atoms with Gasteiger partial charge < -0.3 is 4.74 Å². The van der Waals surface area contributed by atoms with E-state index in [1.54, 1.807) is 0 Å². The van der Waals surface area contributed by atoms with Gasteiger partial charge in [0.1, 0.15) is 5.75 Å². The molecule has 4 rings (SSSR count). The number of hydrogen-bond acceptors (Lipinski definition) is 2. The minimum atomic E-state index is 0.00243. The molecule has 3 aliphatic rings. The van der Waals surface area contributed by atoms with Gasteiger partial charge in [-0.05, 0) is 75.5 Å². The van der Waals surface area contributed by atoms with Crippen LogP contribution in [0.25, 0.3) is 0 Å². The van der Waals surface area contributed by atoms with E-state index in [4.69, 9.17) is 4.74 Å². The van der Waals surface area contributed by atoms with Crippen molar-refractivity contribution in [3.05, 3.63) is 29.8 Å². The van der Waals surface area contributed by atoms with E-state index in [0.717, 1.165) is 25.0 Å². The van der Waals surface area contributed by atoms with Crippen LogP contribution in [-0.4, -0.2) is 6.10 Å². The van der Waals surface area contributed by atoms with Crippen LogP contribution in [0.1, 0.15) is 57.9 Å². The highest BCUT2D eigenvalue weighted by atomic mass is 16.5. The van der Waals surface area contributed by atoms with Crippen LogP contribution in [0, 0.1) is 16.7 Å². The van der Waals surface area contributed by atoms with Crippen molar-refractivity contribution < 1.29 is 4.74 Å². The molecule has 0 aromatic heterocycles. The molecule has 1 aromatic rings. The molecule has 0 spiro atoms. The first-order valence-corrected chi connectivity index (χ1v) is 7.76. The molecule has 3 fully saturated rings. The molecule has 20 heavy (non-hydrogen) atoms. The fraction of sp³-hybridized carbons (Fsp3) is 0.611. The third kappa shape index (κ3) is 2.20. The van der Waals surface area contributed by atoms with Gasteiger partial charge in [0.15, 0.2) is 0 Å². The molecule has 3 saturated carbocycles. The summed E-state index contributed by atoms with van der Waals surface area (Å²) in [5.74, 6) is 0.957. The van der Waals surface area contributed by atoms with Crippen molar-refractivity contribution in [3.8, 4) is 11.8 Å².